The molecule has 2 aromatic carbocycles. The summed E-state index contributed by atoms with van der Waals surface area (Å²) in [6.45, 7) is 0. The summed E-state index contributed by atoms with van der Waals surface area (Å²) in [6.07, 6.45) is -4.50. The SMILES string of the molecule is Cn1c(SCC(=O)Nc2cccc(C(F)(F)F)c2)nnc1-c1ccc([N+](=O)[O-])cc1. The van der Waals surface area contributed by atoms with Crippen LogP contribution in [0.3, 0.4) is 0 Å². The maximum absolute atomic E-state index is 12.8. The van der Waals surface area contributed by atoms with Crippen molar-refractivity contribution in [2.24, 2.45) is 7.05 Å². The van der Waals surface area contributed by atoms with E-state index in [9.17, 15) is 28.1 Å². The van der Waals surface area contributed by atoms with Crippen molar-refractivity contribution in [3.63, 3.8) is 0 Å². The zero-order valence-corrected chi connectivity index (χ0v) is 16.2. The van der Waals surface area contributed by atoms with Gasteiger partial charge in [-0.1, -0.05) is 17.8 Å². The van der Waals surface area contributed by atoms with E-state index in [1.54, 1.807) is 11.6 Å². The summed E-state index contributed by atoms with van der Waals surface area (Å²) in [5, 5.41) is 21.6. The molecule has 0 saturated carbocycles. The summed E-state index contributed by atoms with van der Waals surface area (Å²) in [5.41, 5.74) is -0.258. The number of halogens is 3. The number of non-ortho nitro benzene ring substituents is 1. The van der Waals surface area contributed by atoms with Crippen LogP contribution in [-0.2, 0) is 18.0 Å². The number of carbonyl (C=O) groups is 1. The minimum absolute atomic E-state index is 0.0416. The molecule has 8 nitrogen and oxygen atoms in total. The number of hydrogen-bond acceptors (Lipinski definition) is 6. The monoisotopic (exact) mass is 437 g/mol. The van der Waals surface area contributed by atoms with Crippen LogP contribution >= 0.6 is 11.8 Å². The predicted octanol–water partition coefficient (Wildman–Crippen LogP) is 4.14. The van der Waals surface area contributed by atoms with Gasteiger partial charge in [0.2, 0.25) is 5.91 Å². The molecule has 3 aromatic rings. The van der Waals surface area contributed by atoms with Crippen LogP contribution in [0, 0.1) is 10.1 Å². The number of amides is 1. The third-order valence-corrected chi connectivity index (χ3v) is 5.00. The normalized spacial score (nSPS) is 11.3. The maximum atomic E-state index is 12.8. The molecule has 0 radical (unpaired) electrons. The molecule has 1 N–H and O–H groups in total. The van der Waals surface area contributed by atoms with E-state index in [0.29, 0.717) is 16.5 Å². The van der Waals surface area contributed by atoms with Gasteiger partial charge in [-0.25, -0.2) is 0 Å². The lowest BCUT2D eigenvalue weighted by atomic mass is 10.2. The van der Waals surface area contributed by atoms with Crippen molar-refractivity contribution in [2.75, 3.05) is 11.1 Å². The van der Waals surface area contributed by atoms with Crippen LogP contribution in [0.15, 0.2) is 53.7 Å². The number of alkyl halides is 3. The molecule has 0 aliphatic rings. The smallest absolute Gasteiger partial charge is 0.325 e. The lowest BCUT2D eigenvalue weighted by Crippen LogP contribution is -2.15. The van der Waals surface area contributed by atoms with E-state index in [1.165, 1.54) is 36.4 Å². The van der Waals surface area contributed by atoms with Crippen molar-refractivity contribution >= 4 is 29.0 Å². The van der Waals surface area contributed by atoms with Crippen LogP contribution in [-0.4, -0.2) is 31.3 Å². The van der Waals surface area contributed by atoms with Crippen LogP contribution in [0.1, 0.15) is 5.56 Å². The molecule has 30 heavy (non-hydrogen) atoms. The lowest BCUT2D eigenvalue weighted by molar-refractivity contribution is -0.384. The van der Waals surface area contributed by atoms with Gasteiger partial charge in [-0.05, 0) is 30.3 Å². The van der Waals surface area contributed by atoms with Gasteiger partial charge in [0.25, 0.3) is 5.69 Å². The number of anilines is 1. The third kappa shape index (κ3) is 4.95. The highest BCUT2D eigenvalue weighted by molar-refractivity contribution is 7.99. The van der Waals surface area contributed by atoms with E-state index >= 15 is 0 Å². The van der Waals surface area contributed by atoms with Gasteiger partial charge < -0.3 is 9.88 Å². The second kappa shape index (κ2) is 8.53. The molecule has 3 rings (SSSR count). The van der Waals surface area contributed by atoms with E-state index in [0.717, 1.165) is 23.9 Å². The number of nitro groups is 1. The van der Waals surface area contributed by atoms with Gasteiger partial charge in [-0.2, -0.15) is 13.2 Å². The second-order valence-electron chi connectivity index (χ2n) is 6.08. The molecule has 0 fully saturated rings. The van der Waals surface area contributed by atoms with Crippen molar-refractivity contribution in [2.45, 2.75) is 11.3 Å². The highest BCUT2D eigenvalue weighted by Gasteiger charge is 2.30. The van der Waals surface area contributed by atoms with Crippen LogP contribution in [0.2, 0.25) is 0 Å². The minimum atomic E-state index is -4.50. The maximum Gasteiger partial charge on any atom is 0.416 e. The summed E-state index contributed by atoms with van der Waals surface area (Å²) in [5.74, 6) is -0.146. The number of hydrogen-bond donors (Lipinski definition) is 1. The molecule has 1 heterocycles. The topological polar surface area (TPSA) is 103 Å². The number of thioether (sulfide) groups is 1. The van der Waals surface area contributed by atoms with Crippen molar-refractivity contribution < 1.29 is 22.9 Å². The van der Waals surface area contributed by atoms with Crippen LogP contribution in [0.4, 0.5) is 24.5 Å². The molecule has 0 aliphatic carbocycles. The number of nitrogens with zero attached hydrogens (tertiary/aromatic N) is 4. The summed E-state index contributed by atoms with van der Waals surface area (Å²) < 4.78 is 39.9. The predicted molar refractivity (Wildman–Crippen MR) is 104 cm³/mol. The first kappa shape index (κ1) is 21.3. The second-order valence-corrected chi connectivity index (χ2v) is 7.03. The van der Waals surface area contributed by atoms with E-state index in [1.807, 2.05) is 0 Å². The van der Waals surface area contributed by atoms with Crippen molar-refractivity contribution in [3.8, 4) is 11.4 Å². The van der Waals surface area contributed by atoms with Crippen LogP contribution < -0.4 is 5.32 Å². The Morgan fingerprint density at radius 3 is 2.53 bits per heavy atom. The van der Waals surface area contributed by atoms with Crippen LogP contribution in [0.5, 0.6) is 0 Å². The van der Waals surface area contributed by atoms with Crippen molar-refractivity contribution in [1.29, 1.82) is 0 Å². The zero-order chi connectivity index (χ0) is 21.9. The first-order valence-corrected chi connectivity index (χ1v) is 9.38. The standard InChI is InChI=1S/C18H14F3N5O3S/c1-25-16(11-5-7-14(8-6-11)26(28)29)23-24-17(25)30-10-15(27)22-13-4-2-3-12(9-13)18(19,20)21/h2-9H,10H2,1H3,(H,22,27). The fourth-order valence-corrected chi connectivity index (χ4v) is 3.24. The first-order valence-electron chi connectivity index (χ1n) is 8.39. The van der Waals surface area contributed by atoms with Gasteiger partial charge in [0.1, 0.15) is 0 Å². The Hall–Kier alpha value is -3.41. The largest absolute Gasteiger partial charge is 0.416 e. The number of aromatic nitrogens is 3. The van der Waals surface area contributed by atoms with Crippen molar-refractivity contribution in [1.82, 2.24) is 14.8 Å². The molecule has 0 atom stereocenters. The van der Waals surface area contributed by atoms with Gasteiger partial charge >= 0.3 is 6.18 Å². The Bertz CT molecular complexity index is 1080. The number of benzene rings is 2. The quantitative estimate of drug-likeness (QED) is 0.353. The molecular weight excluding hydrogens is 423 g/mol. The van der Waals surface area contributed by atoms with Gasteiger partial charge in [-0.15, -0.1) is 10.2 Å². The summed E-state index contributed by atoms with van der Waals surface area (Å²) in [4.78, 5) is 22.3. The van der Waals surface area contributed by atoms with Crippen molar-refractivity contribution in [3.05, 3.63) is 64.2 Å². The highest BCUT2D eigenvalue weighted by atomic mass is 32.2. The number of nitrogens with one attached hydrogen (secondary N) is 1. The summed E-state index contributed by atoms with van der Waals surface area (Å²) in [6, 6.07) is 10.1. The van der Waals surface area contributed by atoms with Gasteiger partial charge in [0, 0.05) is 30.4 Å². The van der Waals surface area contributed by atoms with E-state index in [2.05, 4.69) is 15.5 Å². The Labute approximate surface area is 172 Å². The number of nitro benzene ring substituents is 1. The molecule has 1 aromatic heterocycles. The molecule has 12 heteroatoms. The number of carbonyl (C=O) groups excluding carboxylic acids is 1. The molecule has 156 valence electrons. The first-order chi connectivity index (χ1) is 14.1. The minimum Gasteiger partial charge on any atom is -0.325 e. The molecule has 0 unspecified atom stereocenters. The highest BCUT2D eigenvalue weighted by Crippen LogP contribution is 2.31. The van der Waals surface area contributed by atoms with E-state index in [-0.39, 0.29) is 17.1 Å². The molecule has 0 saturated heterocycles. The summed E-state index contributed by atoms with van der Waals surface area (Å²) >= 11 is 1.05. The molecule has 0 spiro atoms. The average Bonchev–Trinajstić information content (AvgIpc) is 3.06. The van der Waals surface area contributed by atoms with Gasteiger partial charge in [0.15, 0.2) is 11.0 Å². The Balaban J connectivity index is 1.64. The zero-order valence-electron chi connectivity index (χ0n) is 15.4. The average molecular weight is 437 g/mol. The Kier molecular flexibility index (Phi) is 6.06. The third-order valence-electron chi connectivity index (χ3n) is 3.98. The Morgan fingerprint density at radius 2 is 1.90 bits per heavy atom. The molecule has 0 bridgehead atoms. The fourth-order valence-electron chi connectivity index (χ4n) is 2.52. The number of rotatable bonds is 6. The molecule has 1 amide bonds. The van der Waals surface area contributed by atoms with Gasteiger partial charge in [-0.3, -0.25) is 14.9 Å². The van der Waals surface area contributed by atoms with Crippen LogP contribution in [0.25, 0.3) is 11.4 Å². The van der Waals surface area contributed by atoms with Gasteiger partial charge in [0.05, 0.1) is 16.2 Å². The lowest BCUT2D eigenvalue weighted by Gasteiger charge is -2.09. The van der Waals surface area contributed by atoms with E-state index < -0.39 is 22.6 Å². The molecular formula is C18H14F3N5O3S. The van der Waals surface area contributed by atoms with E-state index in [4.69, 9.17) is 0 Å². The summed E-state index contributed by atoms with van der Waals surface area (Å²) in [7, 11) is 1.67. The Morgan fingerprint density at radius 1 is 1.20 bits per heavy atom. The molecule has 0 aliphatic heterocycles. The fraction of sp³-hybridized carbons (Fsp3) is 0.167.